The third-order valence-corrected chi connectivity index (χ3v) is 22.6. The molecule has 0 fully saturated rings. The molecule has 6 heterocycles. The summed E-state index contributed by atoms with van der Waals surface area (Å²) in [4.78, 5) is 38.2. The topological polar surface area (TPSA) is 55.8 Å². The molecule has 2 amide bonds. The van der Waals surface area contributed by atoms with Gasteiger partial charge in [-0.15, -0.1) is 56.7 Å². The predicted octanol–water partition coefficient (Wildman–Crippen LogP) is 23.8. The fourth-order valence-corrected chi connectivity index (χ4v) is 17.4. The van der Waals surface area contributed by atoms with Crippen molar-refractivity contribution < 1.29 is 19.1 Å². The number of carbonyl (C=O) groups is 2. The Morgan fingerprint density at radius 1 is 0.462 bits per heavy atom. The van der Waals surface area contributed by atoms with E-state index in [-0.39, 0.29) is 11.8 Å². The van der Waals surface area contributed by atoms with Crippen LogP contribution in [0.2, 0.25) is 0 Å². The van der Waals surface area contributed by atoms with E-state index >= 15 is 4.79 Å². The van der Waals surface area contributed by atoms with Crippen LogP contribution in [0.4, 0.5) is 0 Å². The Morgan fingerprint density at radius 2 is 0.962 bits per heavy atom. The van der Waals surface area contributed by atoms with Crippen molar-refractivity contribution in [3.8, 4) is 40.8 Å². The molecule has 5 nitrogen and oxygen atoms in total. The summed E-state index contributed by atoms with van der Waals surface area (Å²) >= 11 is 8.92. The van der Waals surface area contributed by atoms with Gasteiger partial charge in [0, 0.05) is 36.8 Å². The Morgan fingerprint density at radius 3 is 1.53 bits per heavy atom. The van der Waals surface area contributed by atoms with Crippen LogP contribution in [0.5, 0.6) is 11.5 Å². The van der Waals surface area contributed by atoms with Gasteiger partial charge in [0.1, 0.15) is 11.5 Å². The zero-order valence-corrected chi connectivity index (χ0v) is 53.6. The molecule has 1 aromatic carbocycles. The Labute approximate surface area is 492 Å². The molecule has 0 aliphatic carbocycles. The van der Waals surface area contributed by atoms with Gasteiger partial charge in [-0.1, -0.05) is 209 Å². The van der Waals surface area contributed by atoms with Gasteiger partial charge in [0.05, 0.1) is 43.5 Å². The average molecular weight is 1150 g/mol. The molecule has 0 saturated carbocycles. The molecule has 0 saturated heterocycles. The van der Waals surface area contributed by atoms with Gasteiger partial charge in [-0.05, 0) is 103 Å². The standard InChI is InChI=1S/C68H99NO4S5/c1-8-15-20-23-26-27-28-29-32-35-41-69-67(70)58-59(68(69)71)66(78-65(58)55-43-51(48-75-55)38-33-30-24-21-16-9-2)56-44-52(39-34-31-25-22-17-10-3)62(76-56)57-45-54-61(73-47-50(14-7)37-19-12-5)63-53(40-42-74-63)60(64(54)77-57)72-46-49(13-6)36-18-11-4/h40,42-45,48-50H,8-39,41,46-47H2,1-7H3. The van der Waals surface area contributed by atoms with E-state index in [1.165, 1.54) is 184 Å². The third kappa shape index (κ3) is 16.8. The number of amides is 2. The van der Waals surface area contributed by atoms with E-state index in [9.17, 15) is 4.79 Å². The number of imide groups is 1. The first kappa shape index (κ1) is 62.6. The number of thiophene rings is 5. The third-order valence-electron chi connectivity index (χ3n) is 16.6. The maximum Gasteiger partial charge on any atom is 0.263 e. The number of fused-ring (bicyclic) bond motifs is 3. The maximum absolute atomic E-state index is 15.0. The summed E-state index contributed by atoms with van der Waals surface area (Å²) in [5, 5.41) is 6.84. The molecule has 0 radical (unpaired) electrons. The smallest absolute Gasteiger partial charge is 0.263 e. The van der Waals surface area contributed by atoms with E-state index in [2.05, 4.69) is 83.5 Å². The highest BCUT2D eigenvalue weighted by molar-refractivity contribution is 7.30. The van der Waals surface area contributed by atoms with Gasteiger partial charge < -0.3 is 9.47 Å². The number of nitrogens with zero attached hydrogens (tertiary/aromatic N) is 1. The molecule has 2 atom stereocenters. The summed E-state index contributed by atoms with van der Waals surface area (Å²) in [6.07, 6.45) is 38.6. The Balaban J connectivity index is 1.28. The van der Waals surface area contributed by atoms with Crippen molar-refractivity contribution in [3.63, 3.8) is 0 Å². The summed E-state index contributed by atoms with van der Waals surface area (Å²) < 4.78 is 16.5. The number of rotatable bonds is 42. The van der Waals surface area contributed by atoms with E-state index in [1.54, 1.807) is 38.9 Å². The quantitative estimate of drug-likeness (QED) is 0.0283. The molecular formula is C68H99NO4S5. The van der Waals surface area contributed by atoms with Crippen molar-refractivity contribution in [3.05, 3.63) is 57.3 Å². The first-order valence-corrected chi connectivity index (χ1v) is 36.0. The molecule has 78 heavy (non-hydrogen) atoms. The number of hydrogen-bond donors (Lipinski definition) is 0. The Hall–Kier alpha value is -3.02. The van der Waals surface area contributed by atoms with Crippen molar-refractivity contribution in [1.82, 2.24) is 4.90 Å². The van der Waals surface area contributed by atoms with Crippen LogP contribution in [0.1, 0.15) is 273 Å². The molecule has 1 aliphatic rings. The van der Waals surface area contributed by atoms with Crippen molar-refractivity contribution in [2.24, 2.45) is 11.8 Å². The van der Waals surface area contributed by atoms with Crippen molar-refractivity contribution >= 4 is 88.7 Å². The normalized spacial score (nSPS) is 13.5. The van der Waals surface area contributed by atoms with Gasteiger partial charge in [0.15, 0.2) is 0 Å². The van der Waals surface area contributed by atoms with E-state index in [4.69, 9.17) is 9.47 Å². The summed E-state index contributed by atoms with van der Waals surface area (Å²) in [5.74, 6) is 2.84. The van der Waals surface area contributed by atoms with E-state index < -0.39 is 0 Å². The summed E-state index contributed by atoms with van der Waals surface area (Å²) in [6, 6.07) is 9.43. The molecule has 7 rings (SSSR count). The molecule has 5 aromatic heterocycles. The molecule has 10 heteroatoms. The first-order valence-electron chi connectivity index (χ1n) is 31.8. The molecule has 0 spiro atoms. The van der Waals surface area contributed by atoms with Gasteiger partial charge in [-0.3, -0.25) is 14.5 Å². The minimum Gasteiger partial charge on any atom is -0.491 e. The predicted molar refractivity (Wildman–Crippen MR) is 346 cm³/mol. The largest absolute Gasteiger partial charge is 0.491 e. The van der Waals surface area contributed by atoms with Crippen LogP contribution in [0.3, 0.4) is 0 Å². The highest BCUT2D eigenvalue weighted by atomic mass is 32.1. The number of carbonyl (C=O) groups excluding carboxylic acids is 2. The van der Waals surface area contributed by atoms with Crippen LogP contribution < -0.4 is 9.47 Å². The highest BCUT2D eigenvalue weighted by Crippen LogP contribution is 2.55. The molecule has 0 bridgehead atoms. The lowest BCUT2D eigenvalue weighted by Crippen LogP contribution is -2.31. The zero-order valence-electron chi connectivity index (χ0n) is 49.5. The van der Waals surface area contributed by atoms with Gasteiger partial charge in [-0.25, -0.2) is 0 Å². The summed E-state index contributed by atoms with van der Waals surface area (Å²) in [5.41, 5.74) is 3.98. The van der Waals surface area contributed by atoms with Crippen LogP contribution in [0.25, 0.3) is 49.4 Å². The second-order valence-corrected chi connectivity index (χ2v) is 27.9. The maximum atomic E-state index is 15.0. The van der Waals surface area contributed by atoms with Crippen LogP contribution in [0, 0.1) is 11.8 Å². The Kier molecular flexibility index (Phi) is 27.1. The van der Waals surface area contributed by atoms with Gasteiger partial charge in [0.2, 0.25) is 0 Å². The summed E-state index contributed by atoms with van der Waals surface area (Å²) in [7, 11) is 0. The second-order valence-electron chi connectivity index (χ2n) is 22.9. The van der Waals surface area contributed by atoms with E-state index in [1.807, 2.05) is 22.7 Å². The molecule has 6 aromatic rings. The van der Waals surface area contributed by atoms with Gasteiger partial charge in [-0.2, -0.15) is 0 Å². The lowest BCUT2D eigenvalue weighted by atomic mass is 10.0. The molecule has 2 unspecified atom stereocenters. The minimum atomic E-state index is -0.0983. The number of hydrogen-bond acceptors (Lipinski definition) is 9. The fourth-order valence-electron chi connectivity index (χ4n) is 11.5. The van der Waals surface area contributed by atoms with Crippen LogP contribution in [0.15, 0.2) is 35.0 Å². The number of benzene rings is 1. The first-order chi connectivity index (χ1) is 38.3. The average Bonchev–Trinajstić information content (AvgIpc) is 4.46. The molecule has 1 aliphatic heterocycles. The van der Waals surface area contributed by atoms with Crippen molar-refractivity contribution in [1.29, 1.82) is 0 Å². The molecular weight excluding hydrogens is 1060 g/mol. The van der Waals surface area contributed by atoms with Crippen LogP contribution >= 0.6 is 56.7 Å². The Bertz CT molecular complexity index is 2640. The fraction of sp³-hybridized carbons (Fsp3) is 0.647. The number of aryl methyl sites for hydroxylation is 2. The molecule has 430 valence electrons. The molecule has 0 N–H and O–H groups in total. The van der Waals surface area contributed by atoms with Gasteiger partial charge in [0.25, 0.3) is 11.8 Å². The van der Waals surface area contributed by atoms with Crippen LogP contribution in [-0.4, -0.2) is 36.5 Å². The van der Waals surface area contributed by atoms with Crippen molar-refractivity contribution in [2.75, 3.05) is 19.8 Å². The number of ether oxygens (including phenoxy) is 2. The van der Waals surface area contributed by atoms with Crippen LogP contribution in [-0.2, 0) is 12.8 Å². The monoisotopic (exact) mass is 1150 g/mol. The highest BCUT2D eigenvalue weighted by Gasteiger charge is 2.43. The zero-order chi connectivity index (χ0) is 55.1. The lowest BCUT2D eigenvalue weighted by Gasteiger charge is -2.19. The number of unbranched alkanes of at least 4 members (excludes halogenated alkanes) is 21. The summed E-state index contributed by atoms with van der Waals surface area (Å²) in [6.45, 7) is 17.9. The van der Waals surface area contributed by atoms with E-state index in [0.717, 1.165) is 93.1 Å². The SMILES string of the molecule is CCCCCCCCCCCCN1C(=O)c2c(-c3cc(CCCCCCCC)cs3)sc(-c3cc(CCCCCCCC)c(-c4cc5c(OCC(CC)CCCC)c6sccc6c(OCC(CC)CCCC)c5s4)s3)c2C1=O. The van der Waals surface area contributed by atoms with E-state index in [0.29, 0.717) is 42.7 Å². The lowest BCUT2D eigenvalue weighted by molar-refractivity contribution is 0.0651. The second kappa shape index (κ2) is 33.8. The van der Waals surface area contributed by atoms with Gasteiger partial charge >= 0.3 is 0 Å². The van der Waals surface area contributed by atoms with Crippen molar-refractivity contribution in [2.45, 2.75) is 254 Å². The minimum absolute atomic E-state index is 0.0945.